The van der Waals surface area contributed by atoms with Gasteiger partial charge in [-0.2, -0.15) is 0 Å². The fourth-order valence-electron chi connectivity index (χ4n) is 5.55. The van der Waals surface area contributed by atoms with Crippen molar-refractivity contribution in [1.82, 2.24) is 4.90 Å². The summed E-state index contributed by atoms with van der Waals surface area (Å²) in [6, 6.07) is 23.1. The van der Waals surface area contributed by atoms with Gasteiger partial charge in [0.05, 0.1) is 89.8 Å². The molecule has 2 aliphatic heterocycles. The Morgan fingerprint density at radius 2 is 1.27 bits per heavy atom. The molecule has 0 bridgehead atoms. The minimum Gasteiger partial charge on any atom is -0.392 e. The minimum absolute atomic E-state index is 0.0440. The van der Waals surface area contributed by atoms with Gasteiger partial charge in [-0.05, 0) is 35.4 Å². The summed E-state index contributed by atoms with van der Waals surface area (Å²) in [7, 11) is -3.78. The Labute approximate surface area is 289 Å². The summed E-state index contributed by atoms with van der Waals surface area (Å²) in [5, 5.41) is 9.58. The molecule has 3 aromatic rings. The second-order valence-electron chi connectivity index (χ2n) is 11.8. The molecule has 5 rings (SSSR count). The predicted octanol–water partition coefficient (Wildman–Crippen LogP) is 3.92. The summed E-state index contributed by atoms with van der Waals surface area (Å²) < 4.78 is 70.3. The molecular formula is C36H48N2O10S. The van der Waals surface area contributed by atoms with E-state index in [-0.39, 0.29) is 23.7 Å². The van der Waals surface area contributed by atoms with E-state index in [0.717, 1.165) is 11.1 Å². The largest absolute Gasteiger partial charge is 0.392 e. The van der Waals surface area contributed by atoms with Gasteiger partial charge in [0.15, 0.2) is 6.29 Å². The van der Waals surface area contributed by atoms with E-state index in [1.165, 1.54) is 0 Å². The van der Waals surface area contributed by atoms with Gasteiger partial charge < -0.3 is 38.3 Å². The number of nitrogens with one attached hydrogen (secondary N) is 1. The van der Waals surface area contributed by atoms with Crippen LogP contribution in [0.1, 0.15) is 35.5 Å². The smallest absolute Gasteiger partial charge is 0.261 e. The van der Waals surface area contributed by atoms with Gasteiger partial charge in [0.2, 0.25) is 0 Å². The standard InChI is InChI=1S/C36H48N2O10S/c39-28-29-9-11-30(12-10-29)35-26-33(27-38-13-15-42-17-19-44-21-23-46-24-22-45-20-18-43-16-14-38)47-36(48-35)31-5-4-6-32(25-31)37-49(40,41)34-7-2-1-3-8-34/h1-12,25,33,35-37,39H,13-24,26-28H2. The van der Waals surface area contributed by atoms with Crippen LogP contribution < -0.4 is 4.72 Å². The zero-order valence-corrected chi connectivity index (χ0v) is 28.6. The Balaban J connectivity index is 1.29. The summed E-state index contributed by atoms with van der Waals surface area (Å²) in [5.41, 5.74) is 2.87. The molecule has 49 heavy (non-hydrogen) atoms. The summed E-state index contributed by atoms with van der Waals surface area (Å²) in [4.78, 5) is 2.44. The van der Waals surface area contributed by atoms with Crippen LogP contribution in [0.15, 0.2) is 83.8 Å². The van der Waals surface area contributed by atoms with Crippen LogP contribution in [0.2, 0.25) is 0 Å². The first-order valence-electron chi connectivity index (χ1n) is 16.8. The molecule has 2 heterocycles. The number of hydrogen-bond acceptors (Lipinski definition) is 11. The van der Waals surface area contributed by atoms with Crippen molar-refractivity contribution in [2.75, 3.05) is 90.4 Å². The normalized spacial score (nSPS) is 23.2. The molecule has 3 aromatic carbocycles. The molecule has 12 nitrogen and oxygen atoms in total. The molecule has 0 radical (unpaired) electrons. The van der Waals surface area contributed by atoms with Gasteiger partial charge in [-0.3, -0.25) is 9.62 Å². The van der Waals surface area contributed by atoms with Gasteiger partial charge in [0.25, 0.3) is 10.0 Å². The summed E-state index contributed by atoms with van der Waals surface area (Å²) in [6.45, 7) is 6.92. The monoisotopic (exact) mass is 700 g/mol. The predicted molar refractivity (Wildman–Crippen MR) is 183 cm³/mol. The van der Waals surface area contributed by atoms with Gasteiger partial charge in [0.1, 0.15) is 0 Å². The highest BCUT2D eigenvalue weighted by molar-refractivity contribution is 7.92. The average molecular weight is 701 g/mol. The first-order chi connectivity index (χ1) is 24.0. The molecule has 0 aliphatic carbocycles. The molecule has 13 heteroatoms. The van der Waals surface area contributed by atoms with E-state index in [1.807, 2.05) is 30.3 Å². The van der Waals surface area contributed by atoms with Crippen LogP contribution in [-0.2, 0) is 49.8 Å². The third-order valence-corrected chi connectivity index (χ3v) is 9.53. The van der Waals surface area contributed by atoms with Crippen molar-refractivity contribution < 1.29 is 46.7 Å². The fourth-order valence-corrected chi connectivity index (χ4v) is 6.62. The summed E-state index contributed by atoms with van der Waals surface area (Å²) in [5.74, 6) is 0. The highest BCUT2D eigenvalue weighted by Crippen LogP contribution is 2.39. The lowest BCUT2D eigenvalue weighted by Crippen LogP contribution is -2.42. The summed E-state index contributed by atoms with van der Waals surface area (Å²) in [6.07, 6.45) is -0.687. The van der Waals surface area contributed by atoms with Crippen LogP contribution in [0.25, 0.3) is 0 Å². The van der Waals surface area contributed by atoms with Crippen LogP contribution in [0.4, 0.5) is 5.69 Å². The van der Waals surface area contributed by atoms with Crippen LogP contribution in [0.3, 0.4) is 0 Å². The number of rotatable bonds is 8. The number of aliphatic hydroxyl groups is 1. The SMILES string of the molecule is O=S(=O)(Nc1cccc(C2OC(CN3CCOCCOCCOCCOCCOCC3)CC(c3ccc(CO)cc3)O2)c1)c1ccccc1. The van der Waals surface area contributed by atoms with E-state index >= 15 is 0 Å². The quantitative estimate of drug-likeness (QED) is 0.354. The average Bonchev–Trinajstić information content (AvgIpc) is 3.12. The number of benzene rings is 3. The van der Waals surface area contributed by atoms with Crippen molar-refractivity contribution in [3.05, 3.63) is 95.6 Å². The number of anilines is 1. The Morgan fingerprint density at radius 1 is 0.673 bits per heavy atom. The molecule has 2 aliphatic rings. The van der Waals surface area contributed by atoms with Crippen molar-refractivity contribution in [1.29, 1.82) is 0 Å². The number of hydrogen-bond donors (Lipinski definition) is 2. The van der Waals surface area contributed by atoms with Crippen molar-refractivity contribution in [3.8, 4) is 0 Å². The Kier molecular flexibility index (Phi) is 15.3. The Bertz CT molecular complexity index is 1460. The van der Waals surface area contributed by atoms with E-state index < -0.39 is 16.3 Å². The Hall–Kier alpha value is -2.95. The van der Waals surface area contributed by atoms with E-state index in [2.05, 4.69) is 9.62 Å². The molecule has 268 valence electrons. The maximum Gasteiger partial charge on any atom is 0.261 e. The second kappa shape index (κ2) is 20.0. The molecule has 2 fully saturated rings. The fraction of sp³-hybridized carbons (Fsp3) is 0.500. The molecule has 3 unspecified atom stereocenters. The van der Waals surface area contributed by atoms with E-state index in [0.29, 0.717) is 103 Å². The van der Waals surface area contributed by atoms with Crippen LogP contribution in [0.5, 0.6) is 0 Å². The number of nitrogens with zero attached hydrogens (tertiary/aromatic N) is 1. The maximum absolute atomic E-state index is 13.1. The minimum atomic E-state index is -3.78. The van der Waals surface area contributed by atoms with E-state index in [1.54, 1.807) is 48.5 Å². The van der Waals surface area contributed by atoms with Crippen LogP contribution in [0, 0.1) is 0 Å². The van der Waals surface area contributed by atoms with Crippen molar-refractivity contribution in [2.24, 2.45) is 0 Å². The summed E-state index contributed by atoms with van der Waals surface area (Å²) >= 11 is 0. The van der Waals surface area contributed by atoms with Crippen LogP contribution in [-0.4, -0.2) is 110 Å². The first-order valence-corrected chi connectivity index (χ1v) is 18.3. The zero-order chi connectivity index (χ0) is 34.2. The highest BCUT2D eigenvalue weighted by atomic mass is 32.2. The van der Waals surface area contributed by atoms with Gasteiger partial charge in [-0.1, -0.05) is 54.6 Å². The Morgan fingerprint density at radius 3 is 1.86 bits per heavy atom. The molecule has 0 amide bonds. The third-order valence-electron chi connectivity index (χ3n) is 8.13. The lowest BCUT2D eigenvalue weighted by molar-refractivity contribution is -0.253. The molecule has 3 atom stereocenters. The van der Waals surface area contributed by atoms with Crippen LogP contribution >= 0.6 is 0 Å². The van der Waals surface area contributed by atoms with Gasteiger partial charge >= 0.3 is 0 Å². The van der Waals surface area contributed by atoms with Gasteiger partial charge in [0, 0.05) is 37.3 Å². The third kappa shape index (κ3) is 12.4. The molecule has 0 aromatic heterocycles. The number of ether oxygens (including phenoxy) is 7. The van der Waals surface area contributed by atoms with Gasteiger partial charge in [-0.25, -0.2) is 8.42 Å². The number of aliphatic hydroxyl groups excluding tert-OH is 1. The topological polar surface area (TPSA) is 134 Å². The molecule has 0 saturated carbocycles. The first kappa shape index (κ1) is 37.3. The van der Waals surface area contributed by atoms with E-state index in [4.69, 9.17) is 33.2 Å². The van der Waals surface area contributed by atoms with Gasteiger partial charge in [-0.15, -0.1) is 0 Å². The molecular weight excluding hydrogens is 652 g/mol. The molecule has 0 spiro atoms. The molecule has 2 saturated heterocycles. The van der Waals surface area contributed by atoms with Crippen molar-refractivity contribution in [2.45, 2.75) is 36.4 Å². The lowest BCUT2D eigenvalue weighted by atomic mass is 9.99. The highest BCUT2D eigenvalue weighted by Gasteiger charge is 2.33. The molecule has 2 N–H and O–H groups in total. The second-order valence-corrected chi connectivity index (χ2v) is 13.4. The zero-order valence-electron chi connectivity index (χ0n) is 27.8. The van der Waals surface area contributed by atoms with E-state index in [9.17, 15) is 13.5 Å². The lowest BCUT2D eigenvalue weighted by Gasteiger charge is -2.38. The maximum atomic E-state index is 13.1. The van der Waals surface area contributed by atoms with Crippen molar-refractivity contribution >= 4 is 15.7 Å². The van der Waals surface area contributed by atoms with Crippen molar-refractivity contribution in [3.63, 3.8) is 0 Å². The number of sulfonamides is 1.